The Kier molecular flexibility index (Phi) is 27.7. The van der Waals surface area contributed by atoms with E-state index in [0.29, 0.717) is 0 Å². The third kappa shape index (κ3) is 25.0. The van der Waals surface area contributed by atoms with Crippen molar-refractivity contribution in [3.05, 3.63) is 24.3 Å². The SMILES string of the molecule is CCCCC/C=C\C/C=C\CCCCCCCCSSCC(CCNC)SSC. The summed E-state index contributed by atoms with van der Waals surface area (Å²) in [4.78, 5) is 0. The third-order valence-electron chi connectivity index (χ3n) is 4.71. The lowest BCUT2D eigenvalue weighted by atomic mass is 10.1. The van der Waals surface area contributed by atoms with Crippen molar-refractivity contribution in [1.82, 2.24) is 5.32 Å². The molecule has 0 aliphatic heterocycles. The highest BCUT2D eigenvalue weighted by Gasteiger charge is 2.08. The van der Waals surface area contributed by atoms with Crippen LogP contribution < -0.4 is 5.32 Å². The van der Waals surface area contributed by atoms with Crippen molar-refractivity contribution in [2.24, 2.45) is 0 Å². The predicted molar refractivity (Wildman–Crippen MR) is 148 cm³/mol. The van der Waals surface area contributed by atoms with E-state index < -0.39 is 0 Å². The molecule has 0 aromatic heterocycles. The molecule has 29 heavy (non-hydrogen) atoms. The van der Waals surface area contributed by atoms with Crippen molar-refractivity contribution in [1.29, 1.82) is 0 Å². The van der Waals surface area contributed by atoms with Crippen LogP contribution in [0.15, 0.2) is 24.3 Å². The summed E-state index contributed by atoms with van der Waals surface area (Å²) in [7, 11) is 10.2. The summed E-state index contributed by atoms with van der Waals surface area (Å²) >= 11 is 0. The highest BCUT2D eigenvalue weighted by atomic mass is 33.1. The van der Waals surface area contributed by atoms with Crippen LogP contribution in [0.2, 0.25) is 0 Å². The second kappa shape index (κ2) is 26.9. The molecule has 1 nitrogen and oxygen atoms in total. The van der Waals surface area contributed by atoms with Gasteiger partial charge in [0.2, 0.25) is 0 Å². The average molecular weight is 478 g/mol. The molecule has 0 saturated carbocycles. The zero-order valence-electron chi connectivity index (χ0n) is 19.3. The lowest BCUT2D eigenvalue weighted by Crippen LogP contribution is -2.15. The van der Waals surface area contributed by atoms with E-state index in [0.717, 1.165) is 18.2 Å². The standard InChI is InChI=1S/C24H47NS4/c1-4-5-6-7-8-9-10-11-12-13-14-15-16-17-18-19-22-27-28-23-24(29-26-3)20-21-25-2/h8-9,11-12,24-25H,4-7,10,13-23H2,1-3H3/b9-8-,12-11-. The first-order chi connectivity index (χ1) is 14.3. The summed E-state index contributed by atoms with van der Waals surface area (Å²) in [5.41, 5.74) is 0. The minimum Gasteiger partial charge on any atom is -0.320 e. The van der Waals surface area contributed by atoms with E-state index in [4.69, 9.17) is 0 Å². The Bertz CT molecular complexity index is 361. The molecular weight excluding hydrogens is 431 g/mol. The third-order valence-corrected chi connectivity index (χ3v) is 9.75. The molecule has 1 unspecified atom stereocenters. The molecule has 0 aromatic rings. The normalized spacial score (nSPS) is 13.1. The minimum atomic E-state index is 0.783. The Morgan fingerprint density at radius 3 is 2.10 bits per heavy atom. The monoisotopic (exact) mass is 477 g/mol. The van der Waals surface area contributed by atoms with Gasteiger partial charge in [-0.2, -0.15) is 0 Å². The highest BCUT2D eigenvalue weighted by molar-refractivity contribution is 8.78. The first-order valence-electron chi connectivity index (χ1n) is 11.7. The maximum absolute atomic E-state index is 3.27. The number of rotatable bonds is 23. The Hall–Kier alpha value is 0.840. The van der Waals surface area contributed by atoms with Gasteiger partial charge in [0.1, 0.15) is 0 Å². The van der Waals surface area contributed by atoms with Crippen LogP contribution in [0, 0.1) is 0 Å². The molecule has 0 fully saturated rings. The van der Waals surface area contributed by atoms with Gasteiger partial charge >= 0.3 is 0 Å². The van der Waals surface area contributed by atoms with Gasteiger partial charge in [0.05, 0.1) is 0 Å². The lowest BCUT2D eigenvalue weighted by Gasteiger charge is -2.13. The fourth-order valence-electron chi connectivity index (χ4n) is 2.93. The van der Waals surface area contributed by atoms with Crippen molar-refractivity contribution < 1.29 is 0 Å². The molecule has 0 aliphatic carbocycles. The van der Waals surface area contributed by atoms with Crippen molar-refractivity contribution in [2.45, 2.75) is 95.6 Å². The molecule has 0 radical (unpaired) electrons. The van der Waals surface area contributed by atoms with Crippen molar-refractivity contribution in [3.63, 3.8) is 0 Å². The van der Waals surface area contributed by atoms with Gasteiger partial charge in [0, 0.05) is 16.8 Å². The molecule has 0 saturated heterocycles. The van der Waals surface area contributed by atoms with Gasteiger partial charge in [-0.05, 0) is 64.8 Å². The Balaban J connectivity index is 3.29. The number of unbranched alkanes of at least 4 members (excludes halogenated alkanes) is 9. The number of nitrogens with one attached hydrogen (secondary N) is 1. The maximum atomic E-state index is 3.27. The van der Waals surface area contributed by atoms with E-state index in [1.807, 2.05) is 28.6 Å². The molecule has 5 heteroatoms. The molecule has 0 aromatic carbocycles. The van der Waals surface area contributed by atoms with Crippen LogP contribution in [-0.2, 0) is 0 Å². The van der Waals surface area contributed by atoms with E-state index in [-0.39, 0.29) is 0 Å². The van der Waals surface area contributed by atoms with Crippen molar-refractivity contribution in [3.8, 4) is 0 Å². The molecule has 0 heterocycles. The van der Waals surface area contributed by atoms with E-state index in [9.17, 15) is 0 Å². The number of hydrogen-bond acceptors (Lipinski definition) is 5. The van der Waals surface area contributed by atoms with Gasteiger partial charge in [0.25, 0.3) is 0 Å². The zero-order valence-corrected chi connectivity index (χ0v) is 22.6. The van der Waals surface area contributed by atoms with Crippen LogP contribution in [-0.4, -0.2) is 36.6 Å². The second-order valence-corrected chi connectivity index (χ2v) is 12.9. The van der Waals surface area contributed by atoms with Crippen molar-refractivity contribution in [2.75, 3.05) is 31.4 Å². The smallest absolute Gasteiger partial charge is 0.0262 e. The molecule has 0 amide bonds. The van der Waals surface area contributed by atoms with E-state index >= 15 is 0 Å². The molecule has 0 rings (SSSR count). The van der Waals surface area contributed by atoms with Crippen LogP contribution in [0.1, 0.15) is 90.4 Å². The second-order valence-electron chi connectivity index (χ2n) is 7.47. The van der Waals surface area contributed by atoms with E-state index in [1.54, 1.807) is 0 Å². The number of allylic oxidation sites excluding steroid dienone is 4. The summed E-state index contributed by atoms with van der Waals surface area (Å²) in [6.45, 7) is 3.40. The molecule has 0 spiro atoms. The lowest BCUT2D eigenvalue weighted by molar-refractivity contribution is 0.613. The predicted octanol–water partition coefficient (Wildman–Crippen LogP) is 9.17. The fraction of sp³-hybridized carbons (Fsp3) is 0.833. The van der Waals surface area contributed by atoms with Crippen LogP contribution >= 0.6 is 43.2 Å². The Labute approximate surface area is 199 Å². The summed E-state index contributed by atoms with van der Waals surface area (Å²) in [5.74, 6) is 2.60. The maximum Gasteiger partial charge on any atom is 0.0262 e. The molecule has 1 N–H and O–H groups in total. The average Bonchev–Trinajstić information content (AvgIpc) is 2.73. The molecule has 0 bridgehead atoms. The molecular formula is C24H47NS4. The molecule has 1 atom stereocenters. The van der Waals surface area contributed by atoms with Gasteiger partial charge in [-0.3, -0.25) is 0 Å². The van der Waals surface area contributed by atoms with Gasteiger partial charge < -0.3 is 5.32 Å². The first kappa shape index (κ1) is 29.8. The highest BCUT2D eigenvalue weighted by Crippen LogP contribution is 2.33. The van der Waals surface area contributed by atoms with Crippen LogP contribution in [0.5, 0.6) is 0 Å². The van der Waals surface area contributed by atoms with Gasteiger partial charge in [0.15, 0.2) is 0 Å². The van der Waals surface area contributed by atoms with Gasteiger partial charge in [-0.25, -0.2) is 0 Å². The summed E-state index contributed by atoms with van der Waals surface area (Å²) < 4.78 is 0. The summed E-state index contributed by atoms with van der Waals surface area (Å²) in [5, 5.41) is 4.06. The Morgan fingerprint density at radius 2 is 1.45 bits per heavy atom. The van der Waals surface area contributed by atoms with Crippen LogP contribution in [0.25, 0.3) is 0 Å². The van der Waals surface area contributed by atoms with Gasteiger partial charge in [-0.15, -0.1) is 0 Å². The topological polar surface area (TPSA) is 12.0 Å². The molecule has 0 aliphatic rings. The summed E-state index contributed by atoms with van der Waals surface area (Å²) in [6, 6.07) is 0. The molecule has 172 valence electrons. The Morgan fingerprint density at radius 1 is 0.793 bits per heavy atom. The minimum absolute atomic E-state index is 0.783. The van der Waals surface area contributed by atoms with Crippen molar-refractivity contribution >= 4 is 43.2 Å². The van der Waals surface area contributed by atoms with Gasteiger partial charge in [-0.1, -0.05) is 113 Å². The first-order valence-corrected chi connectivity index (χ1v) is 16.8. The fourth-order valence-corrected chi connectivity index (χ4v) is 8.05. The zero-order chi connectivity index (χ0) is 21.3. The van der Waals surface area contributed by atoms with E-state index in [1.165, 1.54) is 88.6 Å². The largest absolute Gasteiger partial charge is 0.320 e. The number of hydrogen-bond donors (Lipinski definition) is 1. The summed E-state index contributed by atoms with van der Waals surface area (Å²) in [6.07, 6.45) is 28.9. The quantitative estimate of drug-likeness (QED) is 0.0891. The van der Waals surface area contributed by atoms with Crippen LogP contribution in [0.3, 0.4) is 0 Å². The van der Waals surface area contributed by atoms with E-state index in [2.05, 4.69) is 64.4 Å². The van der Waals surface area contributed by atoms with Crippen LogP contribution in [0.4, 0.5) is 0 Å².